The number of nitrogens with one attached hydrogen (secondary N) is 1. The number of ether oxygens (including phenoxy) is 2. The second-order valence-electron chi connectivity index (χ2n) is 7.11. The summed E-state index contributed by atoms with van der Waals surface area (Å²) in [6, 6.07) is 13.1. The van der Waals surface area contributed by atoms with E-state index in [-0.39, 0.29) is 10.9 Å². The van der Waals surface area contributed by atoms with Gasteiger partial charge >= 0.3 is 0 Å². The van der Waals surface area contributed by atoms with Crippen molar-refractivity contribution in [3.8, 4) is 11.5 Å². The minimum absolute atomic E-state index is 0.0889. The van der Waals surface area contributed by atoms with Crippen LogP contribution in [0.5, 0.6) is 11.5 Å². The average Bonchev–Trinajstić information content (AvgIpc) is 2.70. The first-order valence-electron chi connectivity index (χ1n) is 9.44. The van der Waals surface area contributed by atoms with E-state index in [0.29, 0.717) is 11.5 Å². The van der Waals surface area contributed by atoms with Gasteiger partial charge in [-0.1, -0.05) is 24.3 Å². The van der Waals surface area contributed by atoms with Crippen LogP contribution in [-0.2, 0) is 16.6 Å². The van der Waals surface area contributed by atoms with E-state index in [4.69, 9.17) is 9.47 Å². The van der Waals surface area contributed by atoms with E-state index in [1.165, 1.54) is 31.4 Å². The van der Waals surface area contributed by atoms with Crippen LogP contribution in [0.4, 0.5) is 0 Å². The molecule has 7 heteroatoms. The van der Waals surface area contributed by atoms with Gasteiger partial charge in [0.1, 0.15) is 16.4 Å². The third-order valence-electron chi connectivity index (χ3n) is 5.22. The van der Waals surface area contributed by atoms with Crippen molar-refractivity contribution in [1.82, 2.24) is 9.62 Å². The summed E-state index contributed by atoms with van der Waals surface area (Å²) in [6.07, 6.45) is 1.55. The monoisotopic (exact) mass is 404 g/mol. The lowest BCUT2D eigenvalue weighted by Crippen LogP contribution is -2.44. The van der Waals surface area contributed by atoms with Crippen LogP contribution in [0, 0.1) is 6.92 Å². The number of hydrogen-bond acceptors (Lipinski definition) is 5. The van der Waals surface area contributed by atoms with Gasteiger partial charge in [0.05, 0.1) is 14.2 Å². The van der Waals surface area contributed by atoms with Crippen molar-refractivity contribution in [1.29, 1.82) is 0 Å². The Morgan fingerprint density at radius 2 is 1.79 bits per heavy atom. The standard InChI is InChI=1S/C21H28N2O4S/c1-16-6-4-5-7-17(16)15-23-12-10-18(11-13-23)22-28(24,25)21-14-19(26-2)8-9-20(21)27-3/h4-9,14,18,22H,10-13,15H2,1-3H3. The molecule has 1 saturated heterocycles. The van der Waals surface area contributed by atoms with Gasteiger partial charge in [-0.05, 0) is 43.0 Å². The van der Waals surface area contributed by atoms with Crippen LogP contribution in [0.3, 0.4) is 0 Å². The number of sulfonamides is 1. The van der Waals surface area contributed by atoms with Gasteiger partial charge in [0.15, 0.2) is 0 Å². The molecule has 1 N–H and O–H groups in total. The SMILES string of the molecule is COc1ccc(OC)c(S(=O)(=O)NC2CCN(Cc3ccccc3C)CC2)c1. The zero-order valence-electron chi connectivity index (χ0n) is 16.6. The summed E-state index contributed by atoms with van der Waals surface area (Å²) in [7, 11) is -0.719. The maximum absolute atomic E-state index is 12.9. The molecule has 3 rings (SSSR count). The fourth-order valence-electron chi connectivity index (χ4n) is 3.51. The molecule has 0 aliphatic carbocycles. The quantitative estimate of drug-likeness (QED) is 0.768. The van der Waals surface area contributed by atoms with Gasteiger partial charge in [0.25, 0.3) is 0 Å². The van der Waals surface area contributed by atoms with Crippen molar-refractivity contribution in [2.75, 3.05) is 27.3 Å². The minimum Gasteiger partial charge on any atom is -0.497 e. The van der Waals surface area contributed by atoms with Gasteiger partial charge < -0.3 is 9.47 Å². The van der Waals surface area contributed by atoms with Crippen LogP contribution >= 0.6 is 0 Å². The van der Waals surface area contributed by atoms with Gasteiger partial charge in [-0.2, -0.15) is 0 Å². The minimum atomic E-state index is -3.69. The van der Waals surface area contributed by atoms with E-state index in [2.05, 4.69) is 34.7 Å². The average molecular weight is 405 g/mol. The molecule has 0 bridgehead atoms. The molecule has 1 heterocycles. The summed E-state index contributed by atoms with van der Waals surface area (Å²) in [6.45, 7) is 4.74. The highest BCUT2D eigenvalue weighted by Gasteiger charge is 2.27. The van der Waals surface area contributed by atoms with Gasteiger partial charge in [-0.25, -0.2) is 13.1 Å². The van der Waals surface area contributed by atoms with Crippen molar-refractivity contribution in [3.63, 3.8) is 0 Å². The third kappa shape index (κ3) is 4.84. The fraction of sp³-hybridized carbons (Fsp3) is 0.429. The van der Waals surface area contributed by atoms with Crippen LogP contribution in [0.25, 0.3) is 0 Å². The van der Waals surface area contributed by atoms with Crippen molar-refractivity contribution in [3.05, 3.63) is 53.6 Å². The number of likely N-dealkylation sites (tertiary alicyclic amines) is 1. The molecular weight excluding hydrogens is 376 g/mol. The van der Waals surface area contributed by atoms with Crippen LogP contribution in [0.2, 0.25) is 0 Å². The van der Waals surface area contributed by atoms with E-state index in [1.807, 2.05) is 6.07 Å². The smallest absolute Gasteiger partial charge is 0.244 e. The fourth-order valence-corrected chi connectivity index (χ4v) is 5.00. The first-order chi connectivity index (χ1) is 13.4. The Balaban J connectivity index is 1.63. The summed E-state index contributed by atoms with van der Waals surface area (Å²) in [5, 5.41) is 0. The highest BCUT2D eigenvalue weighted by molar-refractivity contribution is 7.89. The maximum Gasteiger partial charge on any atom is 0.244 e. The van der Waals surface area contributed by atoms with Gasteiger partial charge in [0.2, 0.25) is 10.0 Å². The first kappa shape index (κ1) is 20.6. The predicted octanol–water partition coefficient (Wildman–Crippen LogP) is 2.96. The Labute approximate surface area is 167 Å². The van der Waals surface area contributed by atoms with Crippen molar-refractivity contribution in [2.24, 2.45) is 0 Å². The van der Waals surface area contributed by atoms with E-state index in [0.717, 1.165) is 32.5 Å². The summed E-state index contributed by atoms with van der Waals surface area (Å²) < 4.78 is 39.1. The number of nitrogens with zero attached hydrogens (tertiary/aromatic N) is 1. The Morgan fingerprint density at radius 3 is 2.43 bits per heavy atom. The lowest BCUT2D eigenvalue weighted by molar-refractivity contribution is 0.199. The molecule has 1 aliphatic rings. The third-order valence-corrected chi connectivity index (χ3v) is 6.77. The molecule has 0 spiro atoms. The van der Waals surface area contributed by atoms with Crippen molar-refractivity contribution >= 4 is 10.0 Å². The lowest BCUT2D eigenvalue weighted by Gasteiger charge is -2.32. The number of rotatable bonds is 7. The molecule has 1 aliphatic heterocycles. The van der Waals surface area contributed by atoms with Crippen LogP contribution in [0.1, 0.15) is 24.0 Å². The molecule has 6 nitrogen and oxygen atoms in total. The zero-order valence-corrected chi connectivity index (χ0v) is 17.5. The van der Waals surface area contributed by atoms with E-state index in [9.17, 15) is 8.42 Å². The molecule has 1 fully saturated rings. The Hall–Kier alpha value is -2.09. The first-order valence-corrected chi connectivity index (χ1v) is 10.9. The normalized spacial score (nSPS) is 16.1. The largest absolute Gasteiger partial charge is 0.497 e. The number of piperidine rings is 1. The summed E-state index contributed by atoms with van der Waals surface area (Å²) in [5.74, 6) is 0.791. The van der Waals surface area contributed by atoms with Gasteiger partial charge in [0, 0.05) is 31.7 Å². The Bertz CT molecular complexity index is 906. The van der Waals surface area contributed by atoms with E-state index >= 15 is 0 Å². The number of benzene rings is 2. The molecule has 2 aromatic rings. The molecule has 0 unspecified atom stereocenters. The molecular formula is C21H28N2O4S. The van der Waals surface area contributed by atoms with Gasteiger partial charge in [-0.15, -0.1) is 0 Å². The van der Waals surface area contributed by atoms with Gasteiger partial charge in [-0.3, -0.25) is 4.90 Å². The molecule has 152 valence electrons. The lowest BCUT2D eigenvalue weighted by atomic mass is 10.0. The molecule has 0 saturated carbocycles. The highest BCUT2D eigenvalue weighted by Crippen LogP contribution is 2.29. The topological polar surface area (TPSA) is 67.9 Å². The summed E-state index contributed by atoms with van der Waals surface area (Å²) >= 11 is 0. The molecule has 0 amide bonds. The number of aryl methyl sites for hydroxylation is 1. The summed E-state index contributed by atoms with van der Waals surface area (Å²) in [4.78, 5) is 2.48. The Kier molecular flexibility index (Phi) is 6.59. The van der Waals surface area contributed by atoms with E-state index in [1.54, 1.807) is 12.1 Å². The second kappa shape index (κ2) is 8.94. The zero-order chi connectivity index (χ0) is 20.1. The van der Waals surface area contributed by atoms with Crippen LogP contribution in [-0.4, -0.2) is 46.7 Å². The number of hydrogen-bond donors (Lipinski definition) is 1. The van der Waals surface area contributed by atoms with Crippen molar-refractivity contribution < 1.29 is 17.9 Å². The maximum atomic E-state index is 12.9. The molecule has 28 heavy (non-hydrogen) atoms. The number of methoxy groups -OCH3 is 2. The van der Waals surface area contributed by atoms with Crippen molar-refractivity contribution in [2.45, 2.75) is 37.2 Å². The summed E-state index contributed by atoms with van der Waals surface area (Å²) in [5.41, 5.74) is 2.61. The Morgan fingerprint density at radius 1 is 1.07 bits per heavy atom. The molecule has 0 aromatic heterocycles. The second-order valence-corrected chi connectivity index (χ2v) is 8.80. The van der Waals surface area contributed by atoms with Crippen LogP contribution in [0.15, 0.2) is 47.4 Å². The molecule has 0 atom stereocenters. The molecule has 0 radical (unpaired) electrons. The van der Waals surface area contributed by atoms with Crippen LogP contribution < -0.4 is 14.2 Å². The predicted molar refractivity (Wildman–Crippen MR) is 109 cm³/mol. The molecule has 2 aromatic carbocycles. The van der Waals surface area contributed by atoms with E-state index < -0.39 is 10.0 Å². The highest BCUT2D eigenvalue weighted by atomic mass is 32.2.